The Hall–Kier alpha value is -3.06. The molecule has 0 aromatic heterocycles. The van der Waals surface area contributed by atoms with Crippen molar-refractivity contribution in [1.82, 2.24) is 0 Å². The highest BCUT2D eigenvalue weighted by Crippen LogP contribution is 2.32. The van der Waals surface area contributed by atoms with Gasteiger partial charge < -0.3 is 25.4 Å². The molecule has 2 aromatic rings. The van der Waals surface area contributed by atoms with Gasteiger partial charge in [-0.05, 0) is 74.1 Å². The quantitative estimate of drug-likeness (QED) is 0.691. The predicted molar refractivity (Wildman–Crippen MR) is 131 cm³/mol. The van der Waals surface area contributed by atoms with Crippen LogP contribution in [0.4, 0.5) is 16.2 Å². The summed E-state index contributed by atoms with van der Waals surface area (Å²) in [6, 6.07) is 15.1. The SMILES string of the molecule is CC(=O)N1CCCc2cc(-c3cccc(NCC4CCOC4)c3)ccc21.CC(C)OC(N)=O. The summed E-state index contributed by atoms with van der Waals surface area (Å²) in [4.78, 5) is 23.6. The lowest BCUT2D eigenvalue weighted by molar-refractivity contribution is -0.116. The van der Waals surface area contributed by atoms with Gasteiger partial charge in [0, 0.05) is 43.9 Å². The molecule has 2 aliphatic heterocycles. The zero-order chi connectivity index (χ0) is 23.8. The molecule has 178 valence electrons. The van der Waals surface area contributed by atoms with E-state index in [0.29, 0.717) is 5.92 Å². The monoisotopic (exact) mass is 453 g/mol. The van der Waals surface area contributed by atoms with Crippen molar-refractivity contribution in [2.75, 3.05) is 36.5 Å². The fourth-order valence-electron chi connectivity index (χ4n) is 4.15. The number of ether oxygens (including phenoxy) is 2. The summed E-state index contributed by atoms with van der Waals surface area (Å²) >= 11 is 0. The van der Waals surface area contributed by atoms with Crippen LogP contribution in [-0.4, -0.2) is 44.4 Å². The van der Waals surface area contributed by atoms with Gasteiger partial charge >= 0.3 is 6.09 Å². The maximum absolute atomic E-state index is 11.9. The Bertz CT molecular complexity index is 954. The smallest absolute Gasteiger partial charge is 0.404 e. The van der Waals surface area contributed by atoms with E-state index in [1.807, 2.05) is 4.90 Å². The zero-order valence-corrected chi connectivity index (χ0v) is 19.8. The molecule has 4 rings (SSSR count). The highest BCUT2D eigenvalue weighted by Gasteiger charge is 2.20. The third kappa shape index (κ3) is 7.22. The second-order valence-corrected chi connectivity index (χ2v) is 8.79. The Balaban J connectivity index is 0.000000383. The van der Waals surface area contributed by atoms with E-state index >= 15 is 0 Å². The molecule has 0 radical (unpaired) electrons. The number of rotatable bonds is 5. The number of carbonyl (C=O) groups is 2. The van der Waals surface area contributed by atoms with Crippen molar-refractivity contribution in [3.05, 3.63) is 48.0 Å². The average Bonchev–Trinajstić information content (AvgIpc) is 3.30. The number of nitrogens with two attached hydrogens (primary N) is 1. The second-order valence-electron chi connectivity index (χ2n) is 8.79. The summed E-state index contributed by atoms with van der Waals surface area (Å²) in [6.45, 7) is 8.67. The van der Waals surface area contributed by atoms with E-state index in [0.717, 1.165) is 56.9 Å². The first-order valence-corrected chi connectivity index (χ1v) is 11.6. The lowest BCUT2D eigenvalue weighted by Gasteiger charge is -2.29. The molecule has 1 unspecified atom stereocenters. The van der Waals surface area contributed by atoms with Gasteiger partial charge in [0.05, 0.1) is 12.7 Å². The summed E-state index contributed by atoms with van der Waals surface area (Å²) in [5.41, 5.74) is 10.5. The Kier molecular flexibility index (Phi) is 8.72. The van der Waals surface area contributed by atoms with E-state index in [4.69, 9.17) is 4.74 Å². The van der Waals surface area contributed by atoms with Gasteiger partial charge in [0.15, 0.2) is 0 Å². The maximum atomic E-state index is 11.9. The molecule has 0 saturated carbocycles. The summed E-state index contributed by atoms with van der Waals surface area (Å²) in [7, 11) is 0. The molecule has 1 fully saturated rings. The van der Waals surface area contributed by atoms with Crippen molar-refractivity contribution < 1.29 is 19.1 Å². The third-order valence-electron chi connectivity index (χ3n) is 5.74. The normalized spacial score (nSPS) is 17.1. The molecule has 2 aliphatic rings. The van der Waals surface area contributed by atoms with Crippen molar-refractivity contribution >= 4 is 23.4 Å². The number of primary amides is 1. The van der Waals surface area contributed by atoms with Crippen molar-refractivity contribution in [1.29, 1.82) is 0 Å². The lowest BCUT2D eigenvalue weighted by Crippen LogP contribution is -2.33. The molecule has 0 aliphatic carbocycles. The molecule has 3 N–H and O–H groups in total. The van der Waals surface area contributed by atoms with Crippen LogP contribution in [0.5, 0.6) is 0 Å². The van der Waals surface area contributed by atoms with E-state index < -0.39 is 6.09 Å². The number of nitrogens with one attached hydrogen (secondary N) is 1. The fourth-order valence-corrected chi connectivity index (χ4v) is 4.15. The molecule has 2 heterocycles. The number of anilines is 2. The largest absolute Gasteiger partial charge is 0.447 e. The second kappa shape index (κ2) is 11.7. The van der Waals surface area contributed by atoms with Crippen LogP contribution in [-0.2, 0) is 20.7 Å². The van der Waals surface area contributed by atoms with Crippen LogP contribution in [0.3, 0.4) is 0 Å². The standard InChI is InChI=1S/C22H26N2O2.C4H9NO2/c1-16(25)24-10-3-5-20-12-19(7-8-22(20)24)18-4-2-6-21(13-18)23-14-17-9-11-26-15-17;1-3(2)7-4(5)6/h2,4,6-8,12-13,17,23H,3,5,9-11,14-15H2,1H3;3H,1-2H3,(H2,5,6). The molecular formula is C26H35N3O4. The van der Waals surface area contributed by atoms with Crippen molar-refractivity contribution in [3.63, 3.8) is 0 Å². The van der Waals surface area contributed by atoms with Gasteiger partial charge in [-0.3, -0.25) is 4.79 Å². The predicted octanol–water partition coefficient (Wildman–Crippen LogP) is 4.59. The van der Waals surface area contributed by atoms with E-state index in [2.05, 4.69) is 58.3 Å². The van der Waals surface area contributed by atoms with Crippen molar-refractivity contribution in [2.45, 2.75) is 46.1 Å². The van der Waals surface area contributed by atoms with Crippen molar-refractivity contribution in [2.24, 2.45) is 11.7 Å². The molecule has 33 heavy (non-hydrogen) atoms. The zero-order valence-electron chi connectivity index (χ0n) is 19.8. The lowest BCUT2D eigenvalue weighted by atomic mass is 9.96. The van der Waals surface area contributed by atoms with Gasteiger partial charge in [-0.15, -0.1) is 0 Å². The first-order chi connectivity index (χ1) is 15.8. The molecule has 0 bridgehead atoms. The molecule has 0 spiro atoms. The fraction of sp³-hybridized carbons (Fsp3) is 0.462. The number of hydrogen-bond donors (Lipinski definition) is 2. The van der Waals surface area contributed by atoms with Crippen LogP contribution in [0.1, 0.15) is 39.2 Å². The van der Waals surface area contributed by atoms with E-state index in [1.165, 1.54) is 16.7 Å². The van der Waals surface area contributed by atoms with Crippen LogP contribution in [0.2, 0.25) is 0 Å². The molecular weight excluding hydrogens is 418 g/mol. The maximum Gasteiger partial charge on any atom is 0.404 e. The van der Waals surface area contributed by atoms with Gasteiger partial charge in [0.2, 0.25) is 5.91 Å². The van der Waals surface area contributed by atoms with Crippen LogP contribution >= 0.6 is 0 Å². The highest BCUT2D eigenvalue weighted by molar-refractivity contribution is 5.93. The van der Waals surface area contributed by atoms with Gasteiger partial charge in [0.1, 0.15) is 0 Å². The molecule has 7 nitrogen and oxygen atoms in total. The Labute approximate surface area is 196 Å². The van der Waals surface area contributed by atoms with E-state index in [1.54, 1.807) is 20.8 Å². The Morgan fingerprint density at radius 3 is 2.64 bits per heavy atom. The van der Waals surface area contributed by atoms with Gasteiger partial charge in [0.25, 0.3) is 0 Å². The summed E-state index contributed by atoms with van der Waals surface area (Å²) in [5, 5.41) is 3.55. The van der Waals surface area contributed by atoms with Crippen LogP contribution in [0, 0.1) is 5.92 Å². The molecule has 7 heteroatoms. The van der Waals surface area contributed by atoms with Crippen LogP contribution in [0.15, 0.2) is 42.5 Å². The number of carbonyl (C=O) groups excluding carboxylic acids is 2. The summed E-state index contributed by atoms with van der Waals surface area (Å²) < 4.78 is 9.84. The molecule has 1 saturated heterocycles. The number of aryl methyl sites for hydroxylation is 1. The molecule has 2 aromatic carbocycles. The van der Waals surface area contributed by atoms with Crippen LogP contribution < -0.4 is 16.0 Å². The van der Waals surface area contributed by atoms with Crippen LogP contribution in [0.25, 0.3) is 11.1 Å². The molecule has 2 amide bonds. The minimum absolute atomic E-state index is 0.0995. The third-order valence-corrected chi connectivity index (χ3v) is 5.74. The average molecular weight is 454 g/mol. The number of hydrogen-bond acceptors (Lipinski definition) is 5. The number of nitrogens with zero attached hydrogens (tertiary/aromatic N) is 1. The highest BCUT2D eigenvalue weighted by atomic mass is 16.6. The Morgan fingerprint density at radius 2 is 2.00 bits per heavy atom. The topological polar surface area (TPSA) is 93.9 Å². The van der Waals surface area contributed by atoms with Gasteiger partial charge in [-0.2, -0.15) is 0 Å². The number of benzene rings is 2. The van der Waals surface area contributed by atoms with Gasteiger partial charge in [-0.25, -0.2) is 4.79 Å². The summed E-state index contributed by atoms with van der Waals surface area (Å²) in [6.07, 6.45) is 2.39. The minimum Gasteiger partial charge on any atom is -0.447 e. The first-order valence-electron chi connectivity index (χ1n) is 11.6. The van der Waals surface area contributed by atoms with Gasteiger partial charge in [-0.1, -0.05) is 18.2 Å². The number of amides is 2. The first kappa shape index (κ1) is 24.6. The molecule has 1 atom stereocenters. The van der Waals surface area contributed by atoms with E-state index in [-0.39, 0.29) is 12.0 Å². The number of fused-ring (bicyclic) bond motifs is 1. The van der Waals surface area contributed by atoms with Crippen molar-refractivity contribution in [3.8, 4) is 11.1 Å². The Morgan fingerprint density at radius 1 is 1.21 bits per heavy atom. The summed E-state index contributed by atoms with van der Waals surface area (Å²) in [5.74, 6) is 0.737. The van der Waals surface area contributed by atoms with E-state index in [9.17, 15) is 9.59 Å². The minimum atomic E-state index is -0.713.